The number of nitrogens with zero attached hydrogens (tertiary/aromatic N) is 1. The van der Waals surface area contributed by atoms with Gasteiger partial charge in [0.25, 0.3) is 0 Å². The molecule has 2 heteroatoms. The molecule has 0 unspecified atom stereocenters. The largest absolute Gasteiger partial charge is 0.381 e. The fourth-order valence-electron chi connectivity index (χ4n) is 3.31. The van der Waals surface area contributed by atoms with Crippen molar-refractivity contribution in [1.82, 2.24) is 0 Å². The van der Waals surface area contributed by atoms with Gasteiger partial charge in [-0.2, -0.15) is 0 Å². The summed E-state index contributed by atoms with van der Waals surface area (Å²) in [4.78, 5) is 2.65. The third kappa shape index (κ3) is 3.11. The van der Waals surface area contributed by atoms with Crippen molar-refractivity contribution in [2.45, 2.75) is 38.6 Å². The van der Waals surface area contributed by atoms with Crippen LogP contribution in [0.5, 0.6) is 0 Å². The Morgan fingerprint density at radius 1 is 1.05 bits per heavy atom. The lowest BCUT2D eigenvalue weighted by Crippen LogP contribution is -2.45. The van der Waals surface area contributed by atoms with Crippen LogP contribution in [0.4, 0.5) is 5.69 Å². The van der Waals surface area contributed by atoms with Crippen molar-refractivity contribution in [2.75, 3.05) is 24.7 Å². The minimum absolute atomic E-state index is 0.735. The van der Waals surface area contributed by atoms with Crippen molar-refractivity contribution in [3.05, 3.63) is 30.3 Å². The molecule has 3 rings (SSSR count). The standard InChI is InChI=1S/C17H25NO/c1-14-7-9-17(10-8-14)18(11-15-12-19-13-15)16-5-3-2-4-6-16/h2-6,14-15,17H,7-13H2,1H3/t14-,17+. The van der Waals surface area contributed by atoms with E-state index in [4.69, 9.17) is 4.74 Å². The molecule has 2 fully saturated rings. The molecule has 0 bridgehead atoms. The fraction of sp³-hybridized carbons (Fsp3) is 0.647. The van der Waals surface area contributed by atoms with Crippen LogP contribution in [0.25, 0.3) is 0 Å². The van der Waals surface area contributed by atoms with Crippen LogP contribution in [0, 0.1) is 11.8 Å². The second-order valence-corrected chi connectivity index (χ2v) is 6.31. The van der Waals surface area contributed by atoms with Crippen molar-refractivity contribution in [3.63, 3.8) is 0 Å². The zero-order valence-electron chi connectivity index (χ0n) is 11.9. The highest BCUT2D eigenvalue weighted by Crippen LogP contribution is 2.31. The van der Waals surface area contributed by atoms with E-state index in [0.717, 1.165) is 31.1 Å². The number of rotatable bonds is 4. The predicted molar refractivity (Wildman–Crippen MR) is 79.5 cm³/mol. The molecule has 0 aromatic heterocycles. The average molecular weight is 259 g/mol. The van der Waals surface area contributed by atoms with Gasteiger partial charge in [0.2, 0.25) is 0 Å². The van der Waals surface area contributed by atoms with Gasteiger partial charge in [-0.1, -0.05) is 25.1 Å². The summed E-state index contributed by atoms with van der Waals surface area (Å²) in [5, 5.41) is 0. The van der Waals surface area contributed by atoms with Crippen molar-refractivity contribution in [1.29, 1.82) is 0 Å². The molecule has 0 amide bonds. The van der Waals surface area contributed by atoms with E-state index in [1.807, 2.05) is 0 Å². The summed E-state index contributed by atoms with van der Waals surface area (Å²) in [6.07, 6.45) is 5.47. The van der Waals surface area contributed by atoms with Gasteiger partial charge in [-0.15, -0.1) is 0 Å². The van der Waals surface area contributed by atoms with Gasteiger partial charge in [-0.25, -0.2) is 0 Å². The summed E-state index contributed by atoms with van der Waals surface area (Å²) in [7, 11) is 0. The first-order valence-corrected chi connectivity index (χ1v) is 7.72. The highest BCUT2D eigenvalue weighted by Gasteiger charge is 2.28. The Labute approximate surface area is 116 Å². The molecule has 0 spiro atoms. The van der Waals surface area contributed by atoms with Gasteiger partial charge in [-0.3, -0.25) is 0 Å². The molecular weight excluding hydrogens is 234 g/mol. The lowest BCUT2D eigenvalue weighted by atomic mass is 9.86. The van der Waals surface area contributed by atoms with Gasteiger partial charge in [0.1, 0.15) is 0 Å². The first kappa shape index (κ1) is 13.0. The number of benzene rings is 1. The molecule has 19 heavy (non-hydrogen) atoms. The maximum absolute atomic E-state index is 5.35. The Morgan fingerprint density at radius 3 is 2.32 bits per heavy atom. The summed E-state index contributed by atoms with van der Waals surface area (Å²) in [6.45, 7) is 5.46. The number of para-hydroxylation sites is 1. The predicted octanol–water partition coefficient (Wildman–Crippen LogP) is 3.72. The number of hydrogen-bond acceptors (Lipinski definition) is 2. The molecule has 0 atom stereocenters. The third-order valence-corrected chi connectivity index (χ3v) is 4.68. The summed E-state index contributed by atoms with van der Waals surface area (Å²) in [5.74, 6) is 1.65. The molecule has 2 aliphatic rings. The number of anilines is 1. The minimum atomic E-state index is 0.735. The van der Waals surface area contributed by atoms with Crippen molar-refractivity contribution in [2.24, 2.45) is 11.8 Å². The Morgan fingerprint density at radius 2 is 1.74 bits per heavy atom. The van der Waals surface area contributed by atoms with Gasteiger partial charge in [0.15, 0.2) is 0 Å². The summed E-state index contributed by atoms with van der Waals surface area (Å²) in [6, 6.07) is 11.7. The van der Waals surface area contributed by atoms with Crippen LogP contribution < -0.4 is 4.90 Å². The second-order valence-electron chi connectivity index (χ2n) is 6.31. The van der Waals surface area contributed by atoms with Crippen LogP contribution in [0.2, 0.25) is 0 Å². The summed E-state index contributed by atoms with van der Waals surface area (Å²) < 4.78 is 5.35. The average Bonchev–Trinajstić information content (AvgIpc) is 2.40. The minimum Gasteiger partial charge on any atom is -0.381 e. The highest BCUT2D eigenvalue weighted by atomic mass is 16.5. The molecule has 0 radical (unpaired) electrons. The molecule has 1 aromatic carbocycles. The molecule has 1 aliphatic heterocycles. The third-order valence-electron chi connectivity index (χ3n) is 4.68. The normalized spacial score (nSPS) is 27.8. The van der Waals surface area contributed by atoms with E-state index in [0.29, 0.717) is 0 Å². The van der Waals surface area contributed by atoms with Crippen LogP contribution in [0.1, 0.15) is 32.6 Å². The zero-order valence-corrected chi connectivity index (χ0v) is 11.9. The van der Waals surface area contributed by atoms with E-state index in [1.165, 1.54) is 37.9 Å². The van der Waals surface area contributed by atoms with Crippen LogP contribution in [-0.2, 0) is 4.74 Å². The Bertz CT molecular complexity index is 380. The van der Waals surface area contributed by atoms with Crippen molar-refractivity contribution < 1.29 is 4.74 Å². The topological polar surface area (TPSA) is 12.5 Å². The highest BCUT2D eigenvalue weighted by molar-refractivity contribution is 5.47. The van der Waals surface area contributed by atoms with E-state index < -0.39 is 0 Å². The van der Waals surface area contributed by atoms with E-state index in [1.54, 1.807) is 0 Å². The molecular formula is C17H25NO. The quantitative estimate of drug-likeness (QED) is 0.817. The maximum atomic E-state index is 5.35. The van der Waals surface area contributed by atoms with E-state index in [2.05, 4.69) is 42.2 Å². The van der Waals surface area contributed by atoms with Gasteiger partial charge in [-0.05, 0) is 43.7 Å². The zero-order chi connectivity index (χ0) is 13.1. The van der Waals surface area contributed by atoms with Gasteiger partial charge >= 0.3 is 0 Å². The Hall–Kier alpha value is -1.02. The van der Waals surface area contributed by atoms with E-state index in [-0.39, 0.29) is 0 Å². The monoisotopic (exact) mass is 259 g/mol. The Kier molecular flexibility index (Phi) is 4.07. The van der Waals surface area contributed by atoms with Crippen molar-refractivity contribution >= 4 is 5.69 Å². The van der Waals surface area contributed by atoms with Gasteiger partial charge in [0, 0.05) is 24.2 Å². The molecule has 1 aromatic rings. The molecule has 104 valence electrons. The molecule has 1 saturated carbocycles. The fourth-order valence-corrected chi connectivity index (χ4v) is 3.31. The van der Waals surface area contributed by atoms with Crippen LogP contribution in [0.3, 0.4) is 0 Å². The summed E-state index contributed by atoms with van der Waals surface area (Å²) in [5.41, 5.74) is 1.40. The first-order chi connectivity index (χ1) is 9.33. The van der Waals surface area contributed by atoms with E-state index in [9.17, 15) is 0 Å². The van der Waals surface area contributed by atoms with Gasteiger partial charge in [0.05, 0.1) is 13.2 Å². The van der Waals surface area contributed by atoms with E-state index >= 15 is 0 Å². The maximum Gasteiger partial charge on any atom is 0.0533 e. The van der Waals surface area contributed by atoms with Crippen LogP contribution in [-0.4, -0.2) is 25.8 Å². The molecule has 2 nitrogen and oxygen atoms in total. The van der Waals surface area contributed by atoms with Crippen LogP contribution >= 0.6 is 0 Å². The number of hydrogen-bond donors (Lipinski definition) is 0. The lowest BCUT2D eigenvalue weighted by Gasteiger charge is -2.41. The molecule has 1 aliphatic carbocycles. The van der Waals surface area contributed by atoms with Gasteiger partial charge < -0.3 is 9.64 Å². The molecule has 0 N–H and O–H groups in total. The molecule has 1 heterocycles. The lowest BCUT2D eigenvalue weighted by molar-refractivity contribution is -0.0286. The molecule has 1 saturated heterocycles. The SMILES string of the molecule is C[C@H]1CC[C@@H](N(CC2COC2)c2ccccc2)CC1. The first-order valence-electron chi connectivity index (χ1n) is 7.72. The second kappa shape index (κ2) is 5.96. The van der Waals surface area contributed by atoms with Crippen LogP contribution in [0.15, 0.2) is 30.3 Å². The van der Waals surface area contributed by atoms with Crippen molar-refractivity contribution in [3.8, 4) is 0 Å². The summed E-state index contributed by atoms with van der Waals surface area (Å²) >= 11 is 0. The smallest absolute Gasteiger partial charge is 0.0533 e. The Balaban J connectivity index is 1.71. The number of ether oxygens (including phenoxy) is 1.